The van der Waals surface area contributed by atoms with Crippen molar-refractivity contribution in [1.82, 2.24) is 34.3 Å². The number of H-pyrrole nitrogens is 1. The summed E-state index contributed by atoms with van der Waals surface area (Å²) in [5, 5.41) is 6.60. The fourth-order valence-electron chi connectivity index (χ4n) is 3.22. The maximum Gasteiger partial charge on any atom is 0.421 e. The monoisotopic (exact) mass is 441 g/mol. The zero-order valence-corrected chi connectivity index (χ0v) is 16.7. The van der Waals surface area contributed by atoms with E-state index in [2.05, 4.69) is 29.9 Å². The number of hydrogen-bond acceptors (Lipinski definition) is 6. The molecule has 1 atom stereocenters. The number of aromatic nitrogens is 7. The Bertz CT molecular complexity index is 1200. The van der Waals surface area contributed by atoms with Crippen LogP contribution < -0.4 is 4.74 Å². The molecule has 0 saturated carbocycles. The van der Waals surface area contributed by atoms with E-state index >= 15 is 0 Å². The standard InChI is InChI=1S/C17H15ClF3N7O2/c1-27-9-6-8(18)16(30-3)23-10(9)11(28-5-4-22-7-28)12(27)14-24-15(26-25-14)13(29-2)17(19,20)21/h4-7,13H,1-3H3,(H,24,25,26)/t13-/m1/s1. The number of aryl methyl sites for hydroxylation is 1. The molecule has 0 saturated heterocycles. The van der Waals surface area contributed by atoms with Crippen LogP contribution in [0.2, 0.25) is 5.02 Å². The lowest BCUT2D eigenvalue weighted by molar-refractivity contribution is -0.218. The molecule has 0 aliphatic carbocycles. The summed E-state index contributed by atoms with van der Waals surface area (Å²) in [6.45, 7) is 0. The summed E-state index contributed by atoms with van der Waals surface area (Å²) >= 11 is 6.22. The highest BCUT2D eigenvalue weighted by Gasteiger charge is 2.43. The van der Waals surface area contributed by atoms with Crippen molar-refractivity contribution in [3.63, 3.8) is 0 Å². The largest absolute Gasteiger partial charge is 0.480 e. The minimum absolute atomic E-state index is 0.0237. The topological polar surface area (TPSA) is 95.7 Å². The van der Waals surface area contributed by atoms with Gasteiger partial charge in [0.15, 0.2) is 11.6 Å². The number of halogens is 4. The van der Waals surface area contributed by atoms with Crippen LogP contribution in [0.15, 0.2) is 24.8 Å². The molecule has 30 heavy (non-hydrogen) atoms. The molecule has 4 aromatic heterocycles. The summed E-state index contributed by atoms with van der Waals surface area (Å²) in [6.07, 6.45) is -2.13. The number of methoxy groups -OCH3 is 2. The molecule has 4 aromatic rings. The summed E-state index contributed by atoms with van der Waals surface area (Å²) in [5.41, 5.74) is 1.99. The van der Waals surface area contributed by atoms with Gasteiger partial charge in [0.2, 0.25) is 12.0 Å². The molecule has 1 N–H and O–H groups in total. The van der Waals surface area contributed by atoms with Crippen LogP contribution in [0.1, 0.15) is 11.9 Å². The molecule has 0 fully saturated rings. The molecule has 0 aliphatic rings. The number of alkyl halides is 3. The first-order valence-electron chi connectivity index (χ1n) is 8.49. The summed E-state index contributed by atoms with van der Waals surface area (Å²) < 4.78 is 52.8. The number of fused-ring (bicyclic) bond motifs is 1. The van der Waals surface area contributed by atoms with E-state index in [4.69, 9.17) is 16.3 Å². The number of hydrogen-bond donors (Lipinski definition) is 1. The number of ether oxygens (including phenoxy) is 2. The predicted octanol–water partition coefficient (Wildman–Crippen LogP) is 3.46. The first kappa shape index (κ1) is 20.2. The van der Waals surface area contributed by atoms with Crippen molar-refractivity contribution in [2.45, 2.75) is 12.3 Å². The summed E-state index contributed by atoms with van der Waals surface area (Å²) in [4.78, 5) is 12.6. The molecule has 158 valence electrons. The van der Waals surface area contributed by atoms with E-state index in [9.17, 15) is 13.2 Å². The van der Waals surface area contributed by atoms with E-state index in [0.29, 0.717) is 22.4 Å². The fourth-order valence-corrected chi connectivity index (χ4v) is 3.44. The van der Waals surface area contributed by atoms with Gasteiger partial charge < -0.3 is 18.6 Å². The van der Waals surface area contributed by atoms with Gasteiger partial charge >= 0.3 is 6.18 Å². The molecular formula is C17H15ClF3N7O2. The number of nitrogens with zero attached hydrogens (tertiary/aromatic N) is 6. The number of pyridine rings is 1. The molecule has 13 heteroatoms. The highest BCUT2D eigenvalue weighted by Crippen LogP contribution is 2.38. The van der Waals surface area contributed by atoms with Gasteiger partial charge in [-0.3, -0.25) is 5.10 Å². The molecule has 0 radical (unpaired) electrons. The first-order valence-corrected chi connectivity index (χ1v) is 8.87. The Hall–Kier alpha value is -3.12. The van der Waals surface area contributed by atoms with E-state index in [1.54, 1.807) is 34.6 Å². The average molecular weight is 442 g/mol. The third-order valence-corrected chi connectivity index (χ3v) is 4.79. The van der Waals surface area contributed by atoms with Gasteiger partial charge in [0.05, 0.1) is 19.0 Å². The third kappa shape index (κ3) is 3.17. The summed E-state index contributed by atoms with van der Waals surface area (Å²) in [7, 11) is 4.09. The van der Waals surface area contributed by atoms with E-state index in [0.717, 1.165) is 7.11 Å². The van der Waals surface area contributed by atoms with Crippen molar-refractivity contribution < 1.29 is 22.6 Å². The maximum absolute atomic E-state index is 13.2. The molecule has 0 unspecified atom stereocenters. The quantitative estimate of drug-likeness (QED) is 0.509. The van der Waals surface area contributed by atoms with E-state index < -0.39 is 18.1 Å². The molecule has 0 spiro atoms. The first-order chi connectivity index (χ1) is 14.3. The van der Waals surface area contributed by atoms with Crippen LogP contribution in [0, 0.1) is 0 Å². The lowest BCUT2D eigenvalue weighted by Crippen LogP contribution is -2.23. The van der Waals surface area contributed by atoms with Gasteiger partial charge in [0.25, 0.3) is 0 Å². The number of imidazole rings is 1. The van der Waals surface area contributed by atoms with Crippen molar-refractivity contribution >= 4 is 22.6 Å². The molecule has 0 aromatic carbocycles. The lowest BCUT2D eigenvalue weighted by Gasteiger charge is -2.15. The van der Waals surface area contributed by atoms with Crippen LogP contribution >= 0.6 is 11.6 Å². The Balaban J connectivity index is 1.98. The normalized spacial score (nSPS) is 13.2. The third-order valence-electron chi connectivity index (χ3n) is 4.52. The minimum atomic E-state index is -4.65. The molecule has 0 amide bonds. The molecular weight excluding hydrogens is 427 g/mol. The van der Waals surface area contributed by atoms with Crippen molar-refractivity contribution in [2.24, 2.45) is 7.05 Å². The fraction of sp³-hybridized carbons (Fsp3) is 0.294. The van der Waals surface area contributed by atoms with Crippen LogP contribution in [-0.2, 0) is 11.8 Å². The van der Waals surface area contributed by atoms with Gasteiger partial charge in [-0.05, 0) is 6.07 Å². The maximum atomic E-state index is 13.2. The van der Waals surface area contributed by atoms with Crippen molar-refractivity contribution in [3.8, 4) is 23.1 Å². The average Bonchev–Trinajstić information content (AvgIpc) is 3.41. The Morgan fingerprint density at radius 3 is 2.60 bits per heavy atom. The van der Waals surface area contributed by atoms with E-state index in [-0.39, 0.29) is 16.7 Å². The molecule has 0 bridgehead atoms. The number of nitrogens with one attached hydrogen (secondary N) is 1. The van der Waals surface area contributed by atoms with Crippen LogP contribution in [0.3, 0.4) is 0 Å². The second kappa shape index (κ2) is 7.29. The smallest absolute Gasteiger partial charge is 0.421 e. The summed E-state index contributed by atoms with van der Waals surface area (Å²) in [6, 6.07) is 1.65. The van der Waals surface area contributed by atoms with Gasteiger partial charge in [-0.25, -0.2) is 15.0 Å². The van der Waals surface area contributed by atoms with Gasteiger partial charge in [-0.1, -0.05) is 11.6 Å². The van der Waals surface area contributed by atoms with E-state index in [1.165, 1.54) is 13.4 Å². The SMILES string of the molecule is COc1nc2c(-n3ccnc3)c(-c3n[nH]c([C@@H](OC)C(F)(F)F)n3)n(C)c2cc1Cl. The van der Waals surface area contributed by atoms with Gasteiger partial charge in [-0.15, -0.1) is 0 Å². The number of rotatable bonds is 5. The second-order valence-corrected chi connectivity index (χ2v) is 6.68. The van der Waals surface area contributed by atoms with Crippen molar-refractivity contribution in [3.05, 3.63) is 35.6 Å². The molecule has 9 nitrogen and oxygen atoms in total. The predicted molar refractivity (Wildman–Crippen MR) is 101 cm³/mol. The highest BCUT2D eigenvalue weighted by atomic mass is 35.5. The Morgan fingerprint density at radius 2 is 2.00 bits per heavy atom. The van der Waals surface area contributed by atoms with Crippen molar-refractivity contribution in [2.75, 3.05) is 14.2 Å². The van der Waals surface area contributed by atoms with Crippen LogP contribution in [0.4, 0.5) is 13.2 Å². The lowest BCUT2D eigenvalue weighted by atomic mass is 10.3. The van der Waals surface area contributed by atoms with E-state index in [1.807, 2.05) is 0 Å². The number of aromatic amines is 1. The van der Waals surface area contributed by atoms with Crippen molar-refractivity contribution in [1.29, 1.82) is 0 Å². The second-order valence-electron chi connectivity index (χ2n) is 6.27. The van der Waals surface area contributed by atoms with Crippen LogP contribution in [0.5, 0.6) is 5.88 Å². The highest BCUT2D eigenvalue weighted by molar-refractivity contribution is 6.32. The molecule has 4 heterocycles. The Morgan fingerprint density at radius 1 is 1.23 bits per heavy atom. The van der Waals surface area contributed by atoms with Gasteiger partial charge in [0.1, 0.15) is 21.9 Å². The van der Waals surface area contributed by atoms with Gasteiger partial charge in [0, 0.05) is 26.6 Å². The van der Waals surface area contributed by atoms with Gasteiger partial charge in [-0.2, -0.15) is 18.3 Å². The minimum Gasteiger partial charge on any atom is -0.480 e. The molecule has 4 rings (SSSR count). The zero-order chi connectivity index (χ0) is 21.6. The zero-order valence-electron chi connectivity index (χ0n) is 15.9. The molecule has 0 aliphatic heterocycles. The van der Waals surface area contributed by atoms with Crippen LogP contribution in [-0.4, -0.2) is 54.7 Å². The Kier molecular flexibility index (Phi) is 4.90. The summed E-state index contributed by atoms with van der Waals surface area (Å²) in [5.74, 6) is -0.240. The Labute approximate surface area is 172 Å². The van der Waals surface area contributed by atoms with Crippen LogP contribution in [0.25, 0.3) is 28.2 Å².